The van der Waals surface area contributed by atoms with Crippen LogP contribution in [-0.2, 0) is 19.6 Å². The van der Waals surface area contributed by atoms with Gasteiger partial charge in [-0.2, -0.15) is 4.31 Å². The standard InChI is InChI=1S/C14H12Cl2N2O4S/c1-22-14(19)8-6-18(7-8)23(20,21)11-4-2-3-9-10(11)5-12(15)17-13(9)16/h2-5,8H,6-7H2,1H3. The first kappa shape index (κ1) is 16.4. The van der Waals surface area contributed by atoms with Crippen LogP contribution in [0.15, 0.2) is 29.2 Å². The highest BCUT2D eigenvalue weighted by atomic mass is 35.5. The minimum atomic E-state index is -3.76. The number of benzene rings is 1. The van der Waals surface area contributed by atoms with Crippen molar-refractivity contribution < 1.29 is 17.9 Å². The molecule has 0 saturated carbocycles. The Morgan fingerprint density at radius 1 is 1.30 bits per heavy atom. The number of carbonyl (C=O) groups is 1. The van der Waals surface area contributed by atoms with Crippen LogP contribution < -0.4 is 0 Å². The van der Waals surface area contributed by atoms with Crippen LogP contribution in [0.25, 0.3) is 10.8 Å². The number of rotatable bonds is 3. The zero-order valence-electron chi connectivity index (χ0n) is 12.0. The summed E-state index contributed by atoms with van der Waals surface area (Å²) in [5.41, 5.74) is 0. The highest BCUT2D eigenvalue weighted by Gasteiger charge is 2.41. The average Bonchev–Trinajstić information content (AvgIpc) is 2.44. The zero-order valence-corrected chi connectivity index (χ0v) is 14.3. The molecule has 0 N–H and O–H groups in total. The summed E-state index contributed by atoms with van der Waals surface area (Å²) in [6.07, 6.45) is 0. The molecule has 1 fully saturated rings. The van der Waals surface area contributed by atoms with Crippen LogP contribution in [0.3, 0.4) is 0 Å². The second-order valence-electron chi connectivity index (χ2n) is 5.13. The summed E-state index contributed by atoms with van der Waals surface area (Å²) in [7, 11) is -2.48. The molecule has 0 unspecified atom stereocenters. The largest absolute Gasteiger partial charge is 0.469 e. The van der Waals surface area contributed by atoms with Crippen molar-refractivity contribution in [2.75, 3.05) is 20.2 Å². The molecule has 9 heteroatoms. The number of sulfonamides is 1. The fourth-order valence-electron chi connectivity index (χ4n) is 2.49. The van der Waals surface area contributed by atoms with Crippen LogP contribution in [-0.4, -0.2) is 43.9 Å². The Kier molecular flexibility index (Phi) is 4.22. The van der Waals surface area contributed by atoms with Gasteiger partial charge in [0.25, 0.3) is 0 Å². The fourth-order valence-corrected chi connectivity index (χ4v) is 4.71. The van der Waals surface area contributed by atoms with E-state index in [-0.39, 0.29) is 28.3 Å². The number of aromatic nitrogens is 1. The molecule has 1 aromatic heterocycles. The maximum atomic E-state index is 12.8. The van der Waals surface area contributed by atoms with Crippen LogP contribution in [0.2, 0.25) is 10.3 Å². The Morgan fingerprint density at radius 2 is 2.00 bits per heavy atom. The van der Waals surface area contributed by atoms with Gasteiger partial charge in [-0.3, -0.25) is 4.79 Å². The third-order valence-electron chi connectivity index (χ3n) is 3.76. The molecule has 0 aliphatic carbocycles. The number of methoxy groups -OCH3 is 1. The normalized spacial score (nSPS) is 16.3. The molecule has 0 amide bonds. The van der Waals surface area contributed by atoms with E-state index in [4.69, 9.17) is 23.2 Å². The van der Waals surface area contributed by atoms with Gasteiger partial charge in [-0.25, -0.2) is 13.4 Å². The van der Waals surface area contributed by atoms with Crippen LogP contribution >= 0.6 is 23.2 Å². The molecule has 0 spiro atoms. The lowest BCUT2D eigenvalue weighted by molar-refractivity contribution is -0.149. The van der Waals surface area contributed by atoms with Gasteiger partial charge in [-0.1, -0.05) is 35.3 Å². The molecule has 0 atom stereocenters. The lowest BCUT2D eigenvalue weighted by Crippen LogP contribution is -2.53. The van der Waals surface area contributed by atoms with E-state index in [0.29, 0.717) is 10.8 Å². The van der Waals surface area contributed by atoms with Gasteiger partial charge in [0.15, 0.2) is 0 Å². The number of hydrogen-bond donors (Lipinski definition) is 0. The predicted molar refractivity (Wildman–Crippen MR) is 86.0 cm³/mol. The van der Waals surface area contributed by atoms with Crippen molar-refractivity contribution in [1.29, 1.82) is 0 Å². The Balaban J connectivity index is 2.02. The molecule has 1 aliphatic heterocycles. The molecule has 0 radical (unpaired) electrons. The lowest BCUT2D eigenvalue weighted by Gasteiger charge is -2.36. The Hall–Kier alpha value is -1.41. The lowest BCUT2D eigenvalue weighted by atomic mass is 10.0. The van der Waals surface area contributed by atoms with Crippen molar-refractivity contribution in [3.8, 4) is 0 Å². The van der Waals surface area contributed by atoms with E-state index >= 15 is 0 Å². The van der Waals surface area contributed by atoms with Crippen LogP contribution in [0, 0.1) is 5.92 Å². The van der Waals surface area contributed by atoms with Crippen LogP contribution in [0.5, 0.6) is 0 Å². The van der Waals surface area contributed by atoms with Crippen molar-refractivity contribution in [3.63, 3.8) is 0 Å². The quantitative estimate of drug-likeness (QED) is 0.608. The number of hydrogen-bond acceptors (Lipinski definition) is 5. The molecule has 2 heterocycles. The molecule has 2 aromatic rings. The number of nitrogens with zero attached hydrogens (tertiary/aromatic N) is 2. The highest BCUT2D eigenvalue weighted by Crippen LogP contribution is 2.33. The first-order chi connectivity index (χ1) is 10.8. The third-order valence-corrected chi connectivity index (χ3v) is 6.13. The van der Waals surface area contributed by atoms with E-state index in [1.54, 1.807) is 12.1 Å². The maximum absolute atomic E-state index is 12.8. The van der Waals surface area contributed by atoms with Gasteiger partial charge in [-0.05, 0) is 12.1 Å². The smallest absolute Gasteiger partial charge is 0.311 e. The summed E-state index contributed by atoms with van der Waals surface area (Å²) in [6, 6.07) is 6.21. The van der Waals surface area contributed by atoms with Crippen LogP contribution in [0.4, 0.5) is 0 Å². The summed E-state index contributed by atoms with van der Waals surface area (Å²) >= 11 is 11.9. The molecule has 1 aliphatic rings. The Bertz CT molecular complexity index is 895. The van der Waals surface area contributed by atoms with Crippen molar-refractivity contribution in [3.05, 3.63) is 34.6 Å². The summed E-state index contributed by atoms with van der Waals surface area (Å²) < 4.78 is 31.4. The second-order valence-corrected chi connectivity index (χ2v) is 7.78. The first-order valence-corrected chi connectivity index (χ1v) is 8.87. The molecule has 1 saturated heterocycles. The number of halogens is 2. The highest BCUT2D eigenvalue weighted by molar-refractivity contribution is 7.89. The van der Waals surface area contributed by atoms with Crippen molar-refractivity contribution in [1.82, 2.24) is 9.29 Å². The van der Waals surface area contributed by atoms with E-state index in [9.17, 15) is 13.2 Å². The SMILES string of the molecule is COC(=O)C1CN(S(=O)(=O)c2cccc3c(Cl)nc(Cl)cc23)C1. The summed E-state index contributed by atoms with van der Waals surface area (Å²) in [5, 5.41) is 1.16. The maximum Gasteiger partial charge on any atom is 0.311 e. The molecule has 23 heavy (non-hydrogen) atoms. The number of ether oxygens (including phenoxy) is 1. The van der Waals surface area contributed by atoms with Gasteiger partial charge in [0.05, 0.1) is 17.9 Å². The third kappa shape index (κ3) is 2.78. The summed E-state index contributed by atoms with van der Waals surface area (Å²) in [6.45, 7) is 0.190. The topological polar surface area (TPSA) is 76.6 Å². The van der Waals surface area contributed by atoms with E-state index in [0.717, 1.165) is 0 Å². The Morgan fingerprint density at radius 3 is 2.65 bits per heavy atom. The number of pyridine rings is 1. The number of fused-ring (bicyclic) bond motifs is 1. The predicted octanol–water partition coefficient (Wildman–Crippen LogP) is 2.34. The van der Waals surface area contributed by atoms with Gasteiger partial charge < -0.3 is 4.74 Å². The fraction of sp³-hybridized carbons (Fsp3) is 0.286. The van der Waals surface area contributed by atoms with Gasteiger partial charge in [-0.15, -0.1) is 0 Å². The van der Waals surface area contributed by atoms with Crippen molar-refractivity contribution in [2.45, 2.75) is 4.90 Å². The second kappa shape index (κ2) is 5.90. The molecule has 3 rings (SSSR count). The minimum Gasteiger partial charge on any atom is -0.469 e. The Labute approximate surface area is 143 Å². The number of carbonyl (C=O) groups excluding carboxylic acids is 1. The van der Waals surface area contributed by atoms with E-state index < -0.39 is 21.9 Å². The summed E-state index contributed by atoms with van der Waals surface area (Å²) in [5.74, 6) is -0.844. The summed E-state index contributed by atoms with van der Waals surface area (Å²) in [4.78, 5) is 15.4. The van der Waals surface area contributed by atoms with Crippen LogP contribution in [0.1, 0.15) is 0 Å². The molecule has 0 bridgehead atoms. The van der Waals surface area contributed by atoms with Gasteiger partial charge in [0, 0.05) is 23.9 Å². The first-order valence-electron chi connectivity index (χ1n) is 6.67. The molecule has 6 nitrogen and oxygen atoms in total. The van der Waals surface area contributed by atoms with Gasteiger partial charge >= 0.3 is 5.97 Å². The number of esters is 1. The molecule has 122 valence electrons. The monoisotopic (exact) mass is 374 g/mol. The van der Waals surface area contributed by atoms with E-state index in [1.807, 2.05) is 0 Å². The van der Waals surface area contributed by atoms with Gasteiger partial charge in [0.2, 0.25) is 10.0 Å². The molecule has 1 aromatic carbocycles. The van der Waals surface area contributed by atoms with E-state index in [1.165, 1.54) is 23.5 Å². The van der Waals surface area contributed by atoms with Crippen molar-refractivity contribution in [2.24, 2.45) is 5.92 Å². The molecular weight excluding hydrogens is 363 g/mol. The van der Waals surface area contributed by atoms with Gasteiger partial charge in [0.1, 0.15) is 10.3 Å². The van der Waals surface area contributed by atoms with Crippen molar-refractivity contribution >= 4 is 50.0 Å². The average molecular weight is 375 g/mol. The molecular formula is C14H12Cl2N2O4S. The zero-order chi connectivity index (χ0) is 16.8. The minimum absolute atomic E-state index is 0.0875. The van der Waals surface area contributed by atoms with E-state index in [2.05, 4.69) is 9.72 Å².